The lowest BCUT2D eigenvalue weighted by Crippen LogP contribution is -2.16. The number of hydrogen-bond donors (Lipinski definition) is 1. The maximum atomic E-state index is 8.73. The van der Waals surface area contributed by atoms with E-state index < -0.39 is 0 Å². The quantitative estimate of drug-likeness (QED) is 0.549. The van der Waals surface area contributed by atoms with Crippen molar-refractivity contribution in [2.75, 3.05) is 20.3 Å². The molecule has 1 heterocycles. The van der Waals surface area contributed by atoms with Crippen molar-refractivity contribution in [1.82, 2.24) is 10.0 Å². The summed E-state index contributed by atoms with van der Waals surface area (Å²) in [6.45, 7) is 1.65. The summed E-state index contributed by atoms with van der Waals surface area (Å²) in [6.07, 6.45) is 1.89. The van der Waals surface area contributed by atoms with Crippen molar-refractivity contribution in [3.05, 3.63) is 23.5 Å². The van der Waals surface area contributed by atoms with Crippen molar-refractivity contribution in [2.45, 2.75) is 6.54 Å². The summed E-state index contributed by atoms with van der Waals surface area (Å²) >= 11 is 0. The Kier molecular flexibility index (Phi) is 4.84. The van der Waals surface area contributed by atoms with Crippen molar-refractivity contribution < 1.29 is 9.57 Å². The molecule has 0 radical (unpaired) electrons. The monoisotopic (exact) mass is 209 g/mol. The van der Waals surface area contributed by atoms with Crippen LogP contribution in [0.1, 0.15) is 11.3 Å². The Hall–Kier alpha value is -1.35. The first kappa shape index (κ1) is 11.7. The molecule has 0 spiro atoms. The SMILES string of the molecule is COCCONCc1cc(C#N)n(C)c1. The Labute approximate surface area is 89.2 Å². The van der Waals surface area contributed by atoms with E-state index in [-0.39, 0.29) is 0 Å². The average Bonchev–Trinajstić information content (AvgIpc) is 2.59. The molecular weight excluding hydrogens is 194 g/mol. The van der Waals surface area contributed by atoms with Gasteiger partial charge in [0.15, 0.2) is 0 Å². The predicted molar refractivity (Wildman–Crippen MR) is 54.8 cm³/mol. The minimum Gasteiger partial charge on any atom is -0.382 e. The summed E-state index contributed by atoms with van der Waals surface area (Å²) in [5.41, 5.74) is 4.46. The van der Waals surface area contributed by atoms with Gasteiger partial charge in [0.05, 0.1) is 13.2 Å². The molecule has 0 aliphatic carbocycles. The molecule has 0 aliphatic rings. The third kappa shape index (κ3) is 3.72. The predicted octanol–water partition coefficient (Wildman–Crippen LogP) is 0.564. The molecule has 0 amide bonds. The molecule has 15 heavy (non-hydrogen) atoms. The molecule has 1 N–H and O–H groups in total. The van der Waals surface area contributed by atoms with Crippen molar-refractivity contribution in [2.24, 2.45) is 7.05 Å². The minimum atomic E-state index is 0.508. The second-order valence-electron chi connectivity index (χ2n) is 3.12. The summed E-state index contributed by atoms with van der Waals surface area (Å²) in [5.74, 6) is 0. The topological polar surface area (TPSA) is 59.2 Å². The molecule has 0 aliphatic heterocycles. The molecule has 1 aromatic heterocycles. The number of nitrogens with zero attached hydrogens (tertiary/aromatic N) is 2. The molecule has 1 rings (SSSR count). The summed E-state index contributed by atoms with van der Waals surface area (Å²) < 4.78 is 6.61. The maximum absolute atomic E-state index is 8.73. The molecule has 0 bridgehead atoms. The highest BCUT2D eigenvalue weighted by atomic mass is 16.7. The molecule has 0 saturated heterocycles. The van der Waals surface area contributed by atoms with Gasteiger partial charge in [0.25, 0.3) is 0 Å². The van der Waals surface area contributed by atoms with Gasteiger partial charge in [-0.25, -0.2) is 0 Å². The van der Waals surface area contributed by atoms with Crippen LogP contribution >= 0.6 is 0 Å². The van der Waals surface area contributed by atoms with Crippen LogP contribution in [0.3, 0.4) is 0 Å². The largest absolute Gasteiger partial charge is 0.382 e. The Morgan fingerprint density at radius 1 is 1.53 bits per heavy atom. The lowest BCUT2D eigenvalue weighted by Gasteiger charge is -2.03. The van der Waals surface area contributed by atoms with Crippen LogP contribution in [0.4, 0.5) is 0 Å². The van der Waals surface area contributed by atoms with Crippen LogP contribution in [0.2, 0.25) is 0 Å². The van der Waals surface area contributed by atoms with E-state index in [4.69, 9.17) is 14.8 Å². The number of aromatic nitrogens is 1. The molecule has 0 fully saturated rings. The Balaban J connectivity index is 2.29. The van der Waals surface area contributed by atoms with Crippen LogP contribution in [-0.2, 0) is 23.2 Å². The van der Waals surface area contributed by atoms with Crippen LogP contribution in [0.15, 0.2) is 12.3 Å². The van der Waals surface area contributed by atoms with Gasteiger partial charge < -0.3 is 9.30 Å². The molecule has 0 atom stereocenters. The van der Waals surface area contributed by atoms with Crippen molar-refractivity contribution >= 4 is 0 Å². The maximum Gasteiger partial charge on any atom is 0.120 e. The average molecular weight is 209 g/mol. The molecule has 0 aromatic carbocycles. The number of nitriles is 1. The van der Waals surface area contributed by atoms with Gasteiger partial charge in [-0.2, -0.15) is 10.7 Å². The van der Waals surface area contributed by atoms with Gasteiger partial charge in [0.1, 0.15) is 11.8 Å². The third-order valence-corrected chi connectivity index (χ3v) is 1.94. The van der Waals surface area contributed by atoms with Gasteiger partial charge in [0, 0.05) is 26.9 Å². The van der Waals surface area contributed by atoms with Gasteiger partial charge in [-0.1, -0.05) is 0 Å². The summed E-state index contributed by atoms with van der Waals surface area (Å²) in [4.78, 5) is 5.09. The number of rotatable bonds is 6. The molecule has 5 nitrogen and oxygen atoms in total. The summed E-state index contributed by atoms with van der Waals surface area (Å²) in [7, 11) is 3.47. The Morgan fingerprint density at radius 3 is 2.93 bits per heavy atom. The van der Waals surface area contributed by atoms with Gasteiger partial charge >= 0.3 is 0 Å². The zero-order valence-corrected chi connectivity index (χ0v) is 8.99. The number of hydroxylamine groups is 1. The van der Waals surface area contributed by atoms with E-state index in [0.29, 0.717) is 25.5 Å². The standard InChI is InChI=1S/C10H15N3O2/c1-13-8-9(5-10(13)6-11)7-12-15-4-3-14-2/h5,8,12H,3-4,7H2,1-2H3. The second kappa shape index (κ2) is 6.19. The van der Waals surface area contributed by atoms with E-state index in [1.165, 1.54) is 0 Å². The van der Waals surface area contributed by atoms with Crippen LogP contribution in [-0.4, -0.2) is 24.9 Å². The Morgan fingerprint density at radius 2 is 2.33 bits per heavy atom. The van der Waals surface area contributed by atoms with Crippen LogP contribution in [0.5, 0.6) is 0 Å². The molecular formula is C10H15N3O2. The normalized spacial score (nSPS) is 10.2. The zero-order chi connectivity index (χ0) is 11.1. The first-order chi connectivity index (χ1) is 7.27. The van der Waals surface area contributed by atoms with Crippen LogP contribution in [0, 0.1) is 11.3 Å². The van der Waals surface area contributed by atoms with Crippen LogP contribution < -0.4 is 5.48 Å². The smallest absolute Gasteiger partial charge is 0.120 e. The van der Waals surface area contributed by atoms with E-state index >= 15 is 0 Å². The van der Waals surface area contributed by atoms with Crippen LogP contribution in [0.25, 0.3) is 0 Å². The lowest BCUT2D eigenvalue weighted by molar-refractivity contribution is 0.00347. The van der Waals surface area contributed by atoms with E-state index in [1.54, 1.807) is 11.7 Å². The van der Waals surface area contributed by atoms with Gasteiger partial charge in [-0.15, -0.1) is 0 Å². The van der Waals surface area contributed by atoms with Gasteiger partial charge in [-0.05, 0) is 11.6 Å². The van der Waals surface area contributed by atoms with Gasteiger partial charge in [0.2, 0.25) is 0 Å². The Bertz CT molecular complexity index is 341. The third-order valence-electron chi connectivity index (χ3n) is 1.94. The highest BCUT2D eigenvalue weighted by molar-refractivity contribution is 5.28. The fourth-order valence-corrected chi connectivity index (χ4v) is 1.17. The summed E-state index contributed by atoms with van der Waals surface area (Å²) in [5, 5.41) is 8.73. The highest BCUT2D eigenvalue weighted by Gasteiger charge is 2.01. The summed E-state index contributed by atoms with van der Waals surface area (Å²) in [6, 6.07) is 3.93. The second-order valence-corrected chi connectivity index (χ2v) is 3.12. The molecule has 0 saturated carbocycles. The molecule has 0 unspecified atom stereocenters. The number of nitrogens with one attached hydrogen (secondary N) is 1. The minimum absolute atomic E-state index is 0.508. The van der Waals surface area contributed by atoms with E-state index in [2.05, 4.69) is 11.5 Å². The molecule has 5 heteroatoms. The fourth-order valence-electron chi connectivity index (χ4n) is 1.17. The zero-order valence-electron chi connectivity index (χ0n) is 8.99. The van der Waals surface area contributed by atoms with Crippen molar-refractivity contribution in [1.29, 1.82) is 5.26 Å². The molecule has 1 aromatic rings. The number of ether oxygens (including phenoxy) is 1. The first-order valence-electron chi connectivity index (χ1n) is 4.67. The first-order valence-corrected chi connectivity index (χ1v) is 4.67. The van der Waals surface area contributed by atoms with E-state index in [9.17, 15) is 0 Å². The van der Waals surface area contributed by atoms with Crippen molar-refractivity contribution in [3.8, 4) is 6.07 Å². The molecule has 82 valence electrons. The van der Waals surface area contributed by atoms with Gasteiger partial charge in [-0.3, -0.25) is 4.84 Å². The highest BCUT2D eigenvalue weighted by Crippen LogP contribution is 2.05. The van der Waals surface area contributed by atoms with E-state index in [1.807, 2.05) is 19.3 Å². The lowest BCUT2D eigenvalue weighted by atomic mass is 10.3. The van der Waals surface area contributed by atoms with E-state index in [0.717, 1.165) is 5.56 Å². The number of aryl methyl sites for hydroxylation is 1. The van der Waals surface area contributed by atoms with Crippen molar-refractivity contribution in [3.63, 3.8) is 0 Å². The number of methoxy groups -OCH3 is 1. The number of hydrogen-bond acceptors (Lipinski definition) is 4. The fraction of sp³-hybridized carbons (Fsp3) is 0.500.